The van der Waals surface area contributed by atoms with Gasteiger partial charge in [-0.15, -0.1) is 0 Å². The van der Waals surface area contributed by atoms with E-state index in [0.29, 0.717) is 0 Å². The predicted octanol–water partition coefficient (Wildman–Crippen LogP) is 5.74. The number of nitro benzene ring substituents is 2. The molecule has 0 radical (unpaired) electrons. The van der Waals surface area contributed by atoms with E-state index in [9.17, 15) is 24.6 Å². The van der Waals surface area contributed by atoms with Gasteiger partial charge in [-0.2, -0.15) is 0 Å². The Kier molecular flexibility index (Phi) is 12.9. The Morgan fingerprint density at radius 3 is 1.44 bits per heavy atom. The summed E-state index contributed by atoms with van der Waals surface area (Å²) in [6, 6.07) is 32.3. The monoisotopic (exact) mass is 614 g/mol. The largest absolute Gasteiger partial charge is 0.369 e. The lowest BCUT2D eigenvalue weighted by molar-refractivity contribution is -0.385. The van der Waals surface area contributed by atoms with Gasteiger partial charge in [-0.25, -0.2) is 4.39 Å². The van der Waals surface area contributed by atoms with Crippen molar-refractivity contribution >= 4 is 17.1 Å². The number of nitrogens with one attached hydrogen (secondary N) is 1. The molecule has 4 aromatic rings. The Bertz CT molecular complexity index is 1450. The Morgan fingerprint density at radius 1 is 0.578 bits per heavy atom. The maximum atomic E-state index is 12.1. The first-order valence-electron chi connectivity index (χ1n) is 15.0. The van der Waals surface area contributed by atoms with Crippen LogP contribution in [0.3, 0.4) is 0 Å². The maximum absolute atomic E-state index is 12.1. The number of hydrogen-bond acceptors (Lipinski definition) is 8. The molecule has 2 fully saturated rings. The van der Waals surface area contributed by atoms with E-state index in [-0.39, 0.29) is 16.3 Å². The summed E-state index contributed by atoms with van der Waals surface area (Å²) in [5, 5.41) is 24.0. The summed E-state index contributed by atoms with van der Waals surface area (Å²) in [5.41, 5.74) is 3.87. The van der Waals surface area contributed by atoms with Crippen LogP contribution in [0.2, 0.25) is 0 Å². The molecule has 0 saturated carbocycles. The second-order valence-corrected chi connectivity index (χ2v) is 10.8. The minimum Gasteiger partial charge on any atom is -0.369 e. The molecule has 0 spiro atoms. The fraction of sp³-hybridized carbons (Fsp3) is 0.294. The van der Waals surface area contributed by atoms with E-state index in [2.05, 4.69) is 74.6 Å². The second-order valence-electron chi connectivity index (χ2n) is 10.8. The van der Waals surface area contributed by atoms with Crippen LogP contribution < -0.4 is 10.2 Å². The Hall–Kier alpha value is -4.71. The van der Waals surface area contributed by atoms with Crippen molar-refractivity contribution in [1.82, 2.24) is 15.1 Å². The van der Waals surface area contributed by atoms with E-state index >= 15 is 0 Å². The summed E-state index contributed by atoms with van der Waals surface area (Å²) in [4.78, 5) is 27.0. The number of halogens is 1. The van der Waals surface area contributed by atoms with E-state index in [4.69, 9.17) is 0 Å². The number of piperazine rings is 2. The molecule has 4 aromatic carbocycles. The molecule has 0 bridgehead atoms. The number of benzene rings is 4. The zero-order valence-electron chi connectivity index (χ0n) is 25.2. The quantitative estimate of drug-likeness (QED) is 0.207. The summed E-state index contributed by atoms with van der Waals surface area (Å²) in [5.74, 6) is -0.467. The molecule has 2 aliphatic heterocycles. The number of hydrogen-bond donors (Lipinski definition) is 1. The van der Waals surface area contributed by atoms with Gasteiger partial charge >= 0.3 is 0 Å². The van der Waals surface area contributed by atoms with Crippen molar-refractivity contribution in [2.24, 2.45) is 0 Å². The molecule has 0 atom stereocenters. The summed E-state index contributed by atoms with van der Waals surface area (Å²) in [6.45, 7) is 10.6. The summed E-state index contributed by atoms with van der Waals surface area (Å²) in [6.07, 6.45) is 0. The van der Waals surface area contributed by atoms with Crippen molar-refractivity contribution in [2.45, 2.75) is 13.1 Å². The summed E-state index contributed by atoms with van der Waals surface area (Å²) >= 11 is 0. The zero-order chi connectivity index (χ0) is 31.9. The van der Waals surface area contributed by atoms with Gasteiger partial charge in [0.25, 0.3) is 11.4 Å². The molecule has 2 heterocycles. The highest BCUT2D eigenvalue weighted by Crippen LogP contribution is 2.21. The lowest BCUT2D eigenvalue weighted by atomic mass is 10.2. The standard InChI is InChI=1S/C17H19N3O2.C11H16N2.C6H4FNO2/c21-20(22)17-8-6-16(7-9-17)19-12-10-18(11-13-19)14-15-4-2-1-3-5-15;1-2-4-11(5-3-1)10-13-8-6-12-7-9-13;7-5-1-3-6(4-2-5)8(9)10/h1-9H,10-14H2;1-5,12H,6-10H2;1-4H. The molecule has 11 heteroatoms. The first kappa shape index (κ1) is 33.2. The van der Waals surface area contributed by atoms with Gasteiger partial charge in [-0.3, -0.25) is 30.0 Å². The minimum absolute atomic E-state index is 0.0959. The molecule has 2 saturated heterocycles. The smallest absolute Gasteiger partial charge is 0.269 e. The van der Waals surface area contributed by atoms with Gasteiger partial charge in [-0.05, 0) is 35.4 Å². The summed E-state index contributed by atoms with van der Waals surface area (Å²) < 4.78 is 12.1. The van der Waals surface area contributed by atoms with Crippen LogP contribution in [0.1, 0.15) is 11.1 Å². The topological polar surface area (TPSA) is 108 Å². The van der Waals surface area contributed by atoms with Crippen molar-refractivity contribution in [3.8, 4) is 0 Å². The Morgan fingerprint density at radius 2 is 1.00 bits per heavy atom. The lowest BCUT2D eigenvalue weighted by Crippen LogP contribution is -2.45. The SMILES string of the molecule is O=[N+]([O-])c1ccc(F)cc1.O=[N+]([O-])c1ccc(N2CCN(Cc3ccccc3)CC2)cc1.c1ccc(CN2CCNCC2)cc1. The van der Waals surface area contributed by atoms with Crippen molar-refractivity contribution < 1.29 is 14.2 Å². The highest BCUT2D eigenvalue weighted by molar-refractivity contribution is 5.51. The predicted molar refractivity (Wildman–Crippen MR) is 175 cm³/mol. The fourth-order valence-corrected chi connectivity index (χ4v) is 5.06. The lowest BCUT2D eigenvalue weighted by Gasteiger charge is -2.36. The third kappa shape index (κ3) is 11.4. The van der Waals surface area contributed by atoms with E-state index < -0.39 is 10.7 Å². The molecule has 0 aromatic heterocycles. The molecular weight excluding hydrogens is 575 g/mol. The Balaban J connectivity index is 0.000000170. The van der Waals surface area contributed by atoms with Crippen LogP contribution in [0.4, 0.5) is 21.5 Å². The molecule has 0 unspecified atom stereocenters. The summed E-state index contributed by atoms with van der Waals surface area (Å²) in [7, 11) is 0. The first-order chi connectivity index (χ1) is 21.9. The molecule has 10 nitrogen and oxygen atoms in total. The van der Waals surface area contributed by atoms with Gasteiger partial charge in [0.1, 0.15) is 5.82 Å². The van der Waals surface area contributed by atoms with Crippen molar-refractivity contribution in [3.63, 3.8) is 0 Å². The number of anilines is 1. The van der Waals surface area contributed by atoms with E-state index in [0.717, 1.165) is 82.3 Å². The average molecular weight is 615 g/mol. The Labute approximate surface area is 263 Å². The molecule has 45 heavy (non-hydrogen) atoms. The van der Waals surface area contributed by atoms with Crippen LogP contribution in [0.15, 0.2) is 109 Å². The van der Waals surface area contributed by atoms with Gasteiger partial charge in [0.05, 0.1) is 9.85 Å². The first-order valence-corrected chi connectivity index (χ1v) is 15.0. The van der Waals surface area contributed by atoms with Crippen LogP contribution >= 0.6 is 0 Å². The molecule has 0 amide bonds. The van der Waals surface area contributed by atoms with Crippen LogP contribution in [-0.4, -0.2) is 72.0 Å². The number of non-ortho nitro benzene ring substituents is 2. The van der Waals surface area contributed by atoms with E-state index in [1.165, 1.54) is 24.2 Å². The van der Waals surface area contributed by atoms with Gasteiger partial charge in [0.2, 0.25) is 0 Å². The highest BCUT2D eigenvalue weighted by atomic mass is 19.1. The molecule has 0 aliphatic carbocycles. The fourth-order valence-electron chi connectivity index (χ4n) is 5.06. The minimum atomic E-state index is -0.570. The van der Waals surface area contributed by atoms with Crippen LogP contribution in [-0.2, 0) is 13.1 Å². The van der Waals surface area contributed by atoms with Gasteiger partial charge in [-0.1, -0.05) is 60.7 Å². The second kappa shape index (κ2) is 17.6. The highest BCUT2D eigenvalue weighted by Gasteiger charge is 2.18. The van der Waals surface area contributed by atoms with E-state index in [1.54, 1.807) is 12.1 Å². The third-order valence-electron chi connectivity index (χ3n) is 7.54. The van der Waals surface area contributed by atoms with E-state index in [1.807, 2.05) is 18.2 Å². The van der Waals surface area contributed by atoms with Gasteiger partial charge in [0, 0.05) is 95.4 Å². The third-order valence-corrected chi connectivity index (χ3v) is 7.54. The van der Waals surface area contributed by atoms with Gasteiger partial charge < -0.3 is 10.2 Å². The molecule has 2 aliphatic rings. The molecule has 1 N–H and O–H groups in total. The van der Waals surface area contributed by atoms with Crippen molar-refractivity contribution in [1.29, 1.82) is 0 Å². The molecular formula is C34H39FN6O4. The van der Waals surface area contributed by atoms with Crippen LogP contribution in [0, 0.1) is 26.0 Å². The molecule has 6 rings (SSSR count). The van der Waals surface area contributed by atoms with Gasteiger partial charge in [0.15, 0.2) is 0 Å². The van der Waals surface area contributed by atoms with Crippen LogP contribution in [0.5, 0.6) is 0 Å². The van der Waals surface area contributed by atoms with Crippen molar-refractivity contribution in [2.75, 3.05) is 57.3 Å². The number of nitrogens with zero attached hydrogens (tertiary/aromatic N) is 5. The van der Waals surface area contributed by atoms with Crippen molar-refractivity contribution in [3.05, 3.63) is 146 Å². The number of rotatable bonds is 7. The average Bonchev–Trinajstić information content (AvgIpc) is 3.07. The zero-order valence-corrected chi connectivity index (χ0v) is 25.2. The van der Waals surface area contributed by atoms with Crippen LogP contribution in [0.25, 0.3) is 0 Å². The molecule has 236 valence electrons. The normalized spacial score (nSPS) is 15.2. The maximum Gasteiger partial charge on any atom is 0.269 e. The number of nitro groups is 2.